The summed E-state index contributed by atoms with van der Waals surface area (Å²) in [4.78, 5) is 24.4. The minimum atomic E-state index is -0.930. The number of urea groups is 1. The highest BCUT2D eigenvalue weighted by atomic mass is 79.9. The van der Waals surface area contributed by atoms with E-state index in [4.69, 9.17) is 16.7 Å². The molecular formula is C13H16BrClN2O3. The Hall–Kier alpha value is -1.27. The molecule has 0 bridgehead atoms. The fourth-order valence-corrected chi connectivity index (χ4v) is 2.07. The summed E-state index contributed by atoms with van der Waals surface area (Å²) in [5, 5.41) is 12.1. The molecule has 0 radical (unpaired) electrons. The molecule has 7 heteroatoms. The molecule has 0 saturated carbocycles. The van der Waals surface area contributed by atoms with Crippen LogP contribution in [0.3, 0.4) is 0 Å². The van der Waals surface area contributed by atoms with Gasteiger partial charge < -0.3 is 15.3 Å². The van der Waals surface area contributed by atoms with Crippen molar-refractivity contribution in [2.24, 2.45) is 5.92 Å². The Kier molecular flexibility index (Phi) is 6.29. The Morgan fingerprint density at radius 2 is 2.15 bits per heavy atom. The van der Waals surface area contributed by atoms with E-state index < -0.39 is 11.9 Å². The predicted molar refractivity (Wildman–Crippen MR) is 82.2 cm³/mol. The van der Waals surface area contributed by atoms with Gasteiger partial charge in [-0.1, -0.05) is 18.5 Å². The summed E-state index contributed by atoms with van der Waals surface area (Å²) in [7, 11) is 0. The summed E-state index contributed by atoms with van der Waals surface area (Å²) >= 11 is 9.19. The number of nitrogens with zero attached hydrogens (tertiary/aromatic N) is 1. The minimum Gasteiger partial charge on any atom is -0.481 e. The van der Waals surface area contributed by atoms with Crippen LogP contribution in [0.4, 0.5) is 10.5 Å². The van der Waals surface area contributed by atoms with Crippen molar-refractivity contribution in [2.45, 2.75) is 13.8 Å². The molecule has 0 aliphatic rings. The number of amides is 2. The van der Waals surface area contributed by atoms with Crippen LogP contribution in [-0.4, -0.2) is 35.1 Å². The van der Waals surface area contributed by atoms with Crippen LogP contribution in [0.2, 0.25) is 5.02 Å². The van der Waals surface area contributed by atoms with Crippen LogP contribution in [0.5, 0.6) is 0 Å². The van der Waals surface area contributed by atoms with Crippen LogP contribution in [0.25, 0.3) is 0 Å². The fraction of sp³-hybridized carbons (Fsp3) is 0.385. The number of carboxylic acid groups (broad SMARTS) is 1. The van der Waals surface area contributed by atoms with Crippen LogP contribution in [0.1, 0.15) is 13.8 Å². The molecule has 1 atom stereocenters. The van der Waals surface area contributed by atoms with E-state index in [9.17, 15) is 9.59 Å². The number of halogens is 2. The molecule has 20 heavy (non-hydrogen) atoms. The lowest BCUT2D eigenvalue weighted by atomic mass is 10.2. The molecule has 2 N–H and O–H groups in total. The number of carbonyl (C=O) groups is 2. The van der Waals surface area contributed by atoms with Crippen LogP contribution >= 0.6 is 27.5 Å². The molecular weight excluding hydrogens is 348 g/mol. The number of carbonyl (C=O) groups excluding carboxylic acids is 1. The predicted octanol–water partition coefficient (Wildman–Crippen LogP) is 3.68. The van der Waals surface area contributed by atoms with Crippen LogP contribution in [0.15, 0.2) is 22.7 Å². The topological polar surface area (TPSA) is 69.6 Å². The van der Waals surface area contributed by atoms with Crippen molar-refractivity contribution in [1.29, 1.82) is 0 Å². The Labute approximate surface area is 131 Å². The standard InChI is InChI=1S/C13H16BrClN2O3/c1-3-17(7-8(2)12(18)19)13(20)16-11-6-9(15)4-5-10(11)14/h4-6,8H,3,7H2,1-2H3,(H,16,20)(H,18,19). The van der Waals surface area contributed by atoms with Crippen molar-refractivity contribution >= 4 is 45.2 Å². The van der Waals surface area contributed by atoms with Gasteiger partial charge >= 0.3 is 12.0 Å². The lowest BCUT2D eigenvalue weighted by molar-refractivity contribution is -0.141. The van der Waals surface area contributed by atoms with Crippen molar-refractivity contribution in [3.63, 3.8) is 0 Å². The lowest BCUT2D eigenvalue weighted by Gasteiger charge is -2.23. The second-order valence-electron chi connectivity index (χ2n) is 4.33. The van der Waals surface area contributed by atoms with Gasteiger partial charge in [-0.15, -0.1) is 0 Å². The Balaban J connectivity index is 2.77. The summed E-state index contributed by atoms with van der Waals surface area (Å²) in [6.07, 6.45) is 0. The number of rotatable bonds is 5. The number of hydrogen-bond acceptors (Lipinski definition) is 2. The molecule has 0 heterocycles. The molecule has 110 valence electrons. The van der Waals surface area contributed by atoms with Crippen molar-refractivity contribution in [3.05, 3.63) is 27.7 Å². The van der Waals surface area contributed by atoms with Gasteiger partial charge in [-0.05, 0) is 41.1 Å². The van der Waals surface area contributed by atoms with Gasteiger partial charge in [-0.25, -0.2) is 4.79 Å². The molecule has 5 nitrogen and oxygen atoms in total. The van der Waals surface area contributed by atoms with Crippen LogP contribution in [0, 0.1) is 5.92 Å². The summed E-state index contributed by atoms with van der Waals surface area (Å²) in [5.41, 5.74) is 0.545. The van der Waals surface area contributed by atoms with Crippen molar-refractivity contribution < 1.29 is 14.7 Å². The molecule has 0 aromatic heterocycles. The van der Waals surface area contributed by atoms with Crippen LogP contribution in [-0.2, 0) is 4.79 Å². The number of benzene rings is 1. The van der Waals surface area contributed by atoms with E-state index in [1.54, 1.807) is 32.0 Å². The Morgan fingerprint density at radius 1 is 1.50 bits per heavy atom. The molecule has 0 spiro atoms. The maximum atomic E-state index is 12.1. The Bertz CT molecular complexity index is 510. The first-order valence-electron chi connectivity index (χ1n) is 6.09. The summed E-state index contributed by atoms with van der Waals surface area (Å²) in [6, 6.07) is 4.70. The summed E-state index contributed by atoms with van der Waals surface area (Å²) in [5.74, 6) is -1.55. The molecule has 0 aliphatic heterocycles. The van der Waals surface area contributed by atoms with E-state index in [1.807, 2.05) is 0 Å². The molecule has 2 amide bonds. The average Bonchev–Trinajstić information content (AvgIpc) is 2.39. The second kappa shape index (κ2) is 7.50. The second-order valence-corrected chi connectivity index (χ2v) is 5.62. The molecule has 1 aromatic carbocycles. The summed E-state index contributed by atoms with van der Waals surface area (Å²) in [6.45, 7) is 3.92. The van der Waals surface area contributed by atoms with Gasteiger partial charge in [0, 0.05) is 22.6 Å². The maximum absolute atomic E-state index is 12.1. The molecule has 0 aliphatic carbocycles. The van der Waals surface area contributed by atoms with Gasteiger partial charge in [0.2, 0.25) is 0 Å². The first kappa shape index (κ1) is 16.8. The van der Waals surface area contributed by atoms with Gasteiger partial charge in [0.15, 0.2) is 0 Å². The van der Waals surface area contributed by atoms with Crippen molar-refractivity contribution in [2.75, 3.05) is 18.4 Å². The summed E-state index contributed by atoms with van der Waals surface area (Å²) < 4.78 is 0.706. The Morgan fingerprint density at radius 3 is 2.70 bits per heavy atom. The third-order valence-corrected chi connectivity index (χ3v) is 3.68. The largest absolute Gasteiger partial charge is 0.481 e. The number of aliphatic carboxylic acids is 1. The number of hydrogen-bond donors (Lipinski definition) is 2. The third-order valence-electron chi connectivity index (χ3n) is 2.75. The highest BCUT2D eigenvalue weighted by molar-refractivity contribution is 9.10. The van der Waals surface area contributed by atoms with Gasteiger partial charge in [-0.3, -0.25) is 4.79 Å². The van der Waals surface area contributed by atoms with E-state index in [1.165, 1.54) is 4.90 Å². The van der Waals surface area contributed by atoms with E-state index >= 15 is 0 Å². The molecule has 0 fully saturated rings. The zero-order valence-electron chi connectivity index (χ0n) is 11.2. The molecule has 1 rings (SSSR count). The quantitative estimate of drug-likeness (QED) is 0.838. The van der Waals surface area contributed by atoms with Gasteiger partial charge in [0.05, 0.1) is 11.6 Å². The van der Waals surface area contributed by atoms with E-state index in [-0.39, 0.29) is 12.6 Å². The zero-order valence-corrected chi connectivity index (χ0v) is 13.5. The smallest absolute Gasteiger partial charge is 0.321 e. The van der Waals surface area contributed by atoms with Crippen molar-refractivity contribution in [3.8, 4) is 0 Å². The molecule has 1 unspecified atom stereocenters. The zero-order chi connectivity index (χ0) is 15.3. The van der Waals surface area contributed by atoms with E-state index in [2.05, 4.69) is 21.2 Å². The number of nitrogens with one attached hydrogen (secondary N) is 1. The average molecular weight is 364 g/mol. The SMILES string of the molecule is CCN(CC(C)C(=O)O)C(=O)Nc1cc(Cl)ccc1Br. The van der Waals surface area contributed by atoms with Gasteiger partial charge in [-0.2, -0.15) is 0 Å². The molecule has 0 saturated heterocycles. The number of anilines is 1. The van der Waals surface area contributed by atoms with Crippen molar-refractivity contribution in [1.82, 2.24) is 4.90 Å². The lowest BCUT2D eigenvalue weighted by Crippen LogP contribution is -2.39. The highest BCUT2D eigenvalue weighted by Crippen LogP contribution is 2.26. The van der Waals surface area contributed by atoms with E-state index in [0.29, 0.717) is 21.7 Å². The van der Waals surface area contributed by atoms with E-state index in [0.717, 1.165) is 0 Å². The first-order valence-corrected chi connectivity index (χ1v) is 7.26. The third kappa shape index (κ3) is 4.68. The minimum absolute atomic E-state index is 0.149. The van der Waals surface area contributed by atoms with Gasteiger partial charge in [0.1, 0.15) is 0 Å². The van der Waals surface area contributed by atoms with Crippen LogP contribution < -0.4 is 5.32 Å². The molecule has 1 aromatic rings. The fourth-order valence-electron chi connectivity index (χ4n) is 1.55. The number of carboxylic acids is 1. The van der Waals surface area contributed by atoms with Gasteiger partial charge in [0.25, 0.3) is 0 Å². The highest BCUT2D eigenvalue weighted by Gasteiger charge is 2.19. The monoisotopic (exact) mass is 362 g/mol. The normalized spacial score (nSPS) is 11.8. The first-order chi connectivity index (χ1) is 9.35. The maximum Gasteiger partial charge on any atom is 0.321 e.